The fraction of sp³-hybridized carbons (Fsp3) is 0.455. The van der Waals surface area contributed by atoms with Gasteiger partial charge in [0.2, 0.25) is 0 Å². The van der Waals surface area contributed by atoms with Crippen molar-refractivity contribution in [1.29, 1.82) is 0 Å². The Morgan fingerprint density at radius 1 is 1.38 bits per heavy atom. The van der Waals surface area contributed by atoms with E-state index >= 15 is 0 Å². The molecule has 1 unspecified atom stereocenters. The maximum Gasteiger partial charge on any atom is 0.277 e. The molecule has 140 valence electrons. The SMILES string of the molecule is C=C(C)C1CC=C(C)/C(=N/NC(=O)COc2cc(C)ccc2C(C)C)C1. The molecular weight excluding hydrogens is 324 g/mol. The van der Waals surface area contributed by atoms with E-state index in [4.69, 9.17) is 4.74 Å². The Morgan fingerprint density at radius 3 is 2.77 bits per heavy atom. The fourth-order valence-corrected chi connectivity index (χ4v) is 2.97. The number of carbonyl (C=O) groups excluding carboxylic acids is 1. The van der Waals surface area contributed by atoms with Crippen LogP contribution in [0.2, 0.25) is 0 Å². The normalized spacial score (nSPS) is 18.6. The van der Waals surface area contributed by atoms with E-state index in [-0.39, 0.29) is 12.5 Å². The third-order valence-corrected chi connectivity index (χ3v) is 4.77. The highest BCUT2D eigenvalue weighted by Crippen LogP contribution is 2.28. The standard InChI is InChI=1S/C22H30N2O2/c1-14(2)18-9-8-17(6)20(12-18)23-24-22(25)13-26-21-11-16(5)7-10-19(21)15(3)4/h7-8,10-11,15,18H,1,9,12-13H2,2-6H3,(H,24,25)/b23-20+. The summed E-state index contributed by atoms with van der Waals surface area (Å²) in [5.74, 6) is 1.24. The van der Waals surface area contributed by atoms with Gasteiger partial charge >= 0.3 is 0 Å². The summed E-state index contributed by atoms with van der Waals surface area (Å²) in [6, 6.07) is 6.09. The molecular formula is C22H30N2O2. The Balaban J connectivity index is 1.97. The molecule has 1 aromatic rings. The summed E-state index contributed by atoms with van der Waals surface area (Å²) in [4.78, 5) is 12.2. The van der Waals surface area contributed by atoms with E-state index in [0.717, 1.165) is 46.6 Å². The highest BCUT2D eigenvalue weighted by Gasteiger charge is 2.19. The van der Waals surface area contributed by atoms with Gasteiger partial charge in [0, 0.05) is 0 Å². The average Bonchev–Trinajstić information content (AvgIpc) is 2.58. The number of hydrogen-bond donors (Lipinski definition) is 1. The maximum absolute atomic E-state index is 12.2. The summed E-state index contributed by atoms with van der Waals surface area (Å²) in [6.45, 7) is 14.3. The number of nitrogens with one attached hydrogen (secondary N) is 1. The van der Waals surface area contributed by atoms with Crippen LogP contribution in [0.1, 0.15) is 57.6 Å². The minimum Gasteiger partial charge on any atom is -0.483 e. The zero-order chi connectivity index (χ0) is 19.3. The predicted octanol–water partition coefficient (Wildman–Crippen LogP) is 4.90. The monoisotopic (exact) mass is 354 g/mol. The van der Waals surface area contributed by atoms with Crippen LogP contribution in [0.15, 0.2) is 47.1 Å². The highest BCUT2D eigenvalue weighted by atomic mass is 16.5. The van der Waals surface area contributed by atoms with Crippen molar-refractivity contribution < 1.29 is 9.53 Å². The third kappa shape index (κ3) is 5.32. The molecule has 0 heterocycles. The Hall–Kier alpha value is -2.36. The first kappa shape index (κ1) is 20.0. The van der Waals surface area contributed by atoms with Gasteiger partial charge in [-0.3, -0.25) is 4.79 Å². The number of allylic oxidation sites excluding steroid dienone is 3. The molecule has 1 aliphatic rings. The number of carbonyl (C=O) groups is 1. The van der Waals surface area contributed by atoms with Gasteiger partial charge in [-0.1, -0.05) is 44.2 Å². The summed E-state index contributed by atoms with van der Waals surface area (Å²) in [5, 5.41) is 4.31. The summed E-state index contributed by atoms with van der Waals surface area (Å²) >= 11 is 0. The summed E-state index contributed by atoms with van der Waals surface area (Å²) < 4.78 is 5.76. The highest BCUT2D eigenvalue weighted by molar-refractivity contribution is 6.01. The first-order valence-electron chi connectivity index (χ1n) is 9.19. The first-order chi connectivity index (χ1) is 12.3. The topological polar surface area (TPSA) is 50.7 Å². The third-order valence-electron chi connectivity index (χ3n) is 4.77. The van der Waals surface area contributed by atoms with Crippen molar-refractivity contribution in [2.24, 2.45) is 11.0 Å². The molecule has 2 rings (SSSR count). The summed E-state index contributed by atoms with van der Waals surface area (Å²) in [6.07, 6.45) is 3.96. The first-order valence-corrected chi connectivity index (χ1v) is 9.19. The van der Waals surface area contributed by atoms with Crippen LogP contribution in [0.4, 0.5) is 0 Å². The quantitative estimate of drug-likeness (QED) is 0.583. The van der Waals surface area contributed by atoms with E-state index in [1.807, 2.05) is 26.8 Å². The van der Waals surface area contributed by atoms with Gasteiger partial charge < -0.3 is 4.74 Å². The molecule has 0 saturated heterocycles. The van der Waals surface area contributed by atoms with E-state index in [2.05, 4.69) is 49.2 Å². The summed E-state index contributed by atoms with van der Waals surface area (Å²) in [5.41, 5.74) is 8.02. The Labute approximate surface area is 157 Å². The van der Waals surface area contributed by atoms with Crippen LogP contribution < -0.4 is 10.2 Å². The fourth-order valence-electron chi connectivity index (χ4n) is 2.97. The molecule has 0 radical (unpaired) electrons. The molecule has 1 aromatic carbocycles. The molecule has 0 bridgehead atoms. The Kier molecular flexibility index (Phi) is 6.78. The molecule has 0 fully saturated rings. The summed E-state index contributed by atoms with van der Waals surface area (Å²) in [7, 11) is 0. The number of hydrazone groups is 1. The van der Waals surface area contributed by atoms with Gasteiger partial charge in [0.15, 0.2) is 6.61 Å². The number of rotatable bonds is 6. The van der Waals surface area contributed by atoms with Gasteiger partial charge in [-0.05, 0) is 68.2 Å². The van der Waals surface area contributed by atoms with Crippen molar-refractivity contribution in [3.05, 3.63) is 53.1 Å². The van der Waals surface area contributed by atoms with Crippen molar-refractivity contribution in [3.8, 4) is 5.75 Å². The second-order valence-electron chi connectivity index (χ2n) is 7.45. The lowest BCUT2D eigenvalue weighted by molar-refractivity contribution is -0.123. The zero-order valence-corrected chi connectivity index (χ0v) is 16.6. The van der Waals surface area contributed by atoms with Crippen LogP contribution in [0, 0.1) is 12.8 Å². The van der Waals surface area contributed by atoms with Crippen molar-refractivity contribution in [2.45, 2.75) is 53.4 Å². The lowest BCUT2D eigenvalue weighted by Gasteiger charge is -2.22. The zero-order valence-electron chi connectivity index (χ0n) is 16.6. The van der Waals surface area contributed by atoms with Gasteiger partial charge in [0.25, 0.3) is 5.91 Å². The van der Waals surface area contributed by atoms with Gasteiger partial charge in [-0.2, -0.15) is 5.10 Å². The minimum absolute atomic E-state index is 0.0490. The van der Waals surface area contributed by atoms with E-state index in [9.17, 15) is 4.79 Å². The molecule has 0 spiro atoms. The maximum atomic E-state index is 12.2. The minimum atomic E-state index is -0.251. The van der Waals surface area contributed by atoms with Crippen LogP contribution in [0.5, 0.6) is 5.75 Å². The number of aryl methyl sites for hydroxylation is 1. The van der Waals surface area contributed by atoms with E-state index in [1.165, 1.54) is 0 Å². The van der Waals surface area contributed by atoms with Gasteiger partial charge in [0.1, 0.15) is 5.75 Å². The molecule has 0 aliphatic heterocycles. The largest absolute Gasteiger partial charge is 0.483 e. The smallest absolute Gasteiger partial charge is 0.277 e. The Morgan fingerprint density at radius 2 is 2.12 bits per heavy atom. The Bertz CT molecular complexity index is 745. The molecule has 0 aromatic heterocycles. The molecule has 1 atom stereocenters. The molecule has 4 heteroatoms. The lowest BCUT2D eigenvalue weighted by atomic mass is 9.85. The molecule has 26 heavy (non-hydrogen) atoms. The van der Waals surface area contributed by atoms with Crippen LogP contribution in [-0.4, -0.2) is 18.2 Å². The number of amides is 1. The molecule has 4 nitrogen and oxygen atoms in total. The van der Waals surface area contributed by atoms with Crippen LogP contribution in [-0.2, 0) is 4.79 Å². The van der Waals surface area contributed by atoms with E-state index in [1.54, 1.807) is 0 Å². The number of nitrogens with zero attached hydrogens (tertiary/aromatic N) is 1. The van der Waals surface area contributed by atoms with E-state index < -0.39 is 0 Å². The predicted molar refractivity (Wildman–Crippen MR) is 108 cm³/mol. The number of benzene rings is 1. The van der Waals surface area contributed by atoms with Crippen LogP contribution in [0.25, 0.3) is 0 Å². The molecule has 1 N–H and O–H groups in total. The van der Waals surface area contributed by atoms with Gasteiger partial charge in [-0.25, -0.2) is 5.43 Å². The van der Waals surface area contributed by atoms with Gasteiger partial charge in [-0.15, -0.1) is 0 Å². The second-order valence-corrected chi connectivity index (χ2v) is 7.45. The van der Waals surface area contributed by atoms with Crippen molar-refractivity contribution in [1.82, 2.24) is 5.43 Å². The van der Waals surface area contributed by atoms with Crippen molar-refractivity contribution in [2.75, 3.05) is 6.61 Å². The van der Waals surface area contributed by atoms with E-state index in [0.29, 0.717) is 11.8 Å². The molecule has 0 saturated carbocycles. The van der Waals surface area contributed by atoms with Crippen LogP contribution >= 0.6 is 0 Å². The number of hydrogen-bond acceptors (Lipinski definition) is 3. The molecule has 1 amide bonds. The lowest BCUT2D eigenvalue weighted by Crippen LogP contribution is -2.27. The van der Waals surface area contributed by atoms with Crippen molar-refractivity contribution in [3.63, 3.8) is 0 Å². The van der Waals surface area contributed by atoms with Gasteiger partial charge in [0.05, 0.1) is 5.71 Å². The second kappa shape index (κ2) is 8.84. The average molecular weight is 354 g/mol. The molecule has 1 aliphatic carbocycles. The van der Waals surface area contributed by atoms with Crippen molar-refractivity contribution >= 4 is 11.6 Å². The van der Waals surface area contributed by atoms with Crippen LogP contribution in [0.3, 0.4) is 0 Å². The number of ether oxygens (including phenoxy) is 1.